The minimum atomic E-state index is -2.59. The molecule has 9 heteroatoms. The van der Waals surface area contributed by atoms with Gasteiger partial charge in [-0.25, -0.2) is 0 Å². The Balaban J connectivity index is 1.63. The monoisotopic (exact) mass is 606 g/mol. The Morgan fingerprint density at radius 3 is 1.45 bits per heavy atom. The molecule has 0 heterocycles. The van der Waals surface area contributed by atoms with E-state index in [1.165, 1.54) is 30.3 Å². The van der Waals surface area contributed by atoms with Crippen molar-refractivity contribution < 1.29 is 40.6 Å². The van der Waals surface area contributed by atoms with Crippen molar-refractivity contribution in [2.24, 2.45) is 0 Å². The standard InChI is InChI=1S/C35H24F6O3/c1-35(26-15-19-28(20-16-26)43-33(40)31(36)37,27-17-21-29(22-18-27)44-34(41)32(38)39)25-13-11-23(12-14-25)7-5-6-10-30(42)24-8-3-2-4-9-24/h2-22H,1H3. The zero-order valence-electron chi connectivity index (χ0n) is 23.1. The lowest BCUT2D eigenvalue weighted by Gasteiger charge is -2.32. The molecule has 4 rings (SSSR count). The van der Waals surface area contributed by atoms with E-state index in [4.69, 9.17) is 0 Å². The molecule has 0 atom stereocenters. The first-order valence-electron chi connectivity index (χ1n) is 13.1. The summed E-state index contributed by atoms with van der Waals surface area (Å²) in [4.78, 5) is 12.2. The summed E-state index contributed by atoms with van der Waals surface area (Å²) in [6.45, 7) is 1.87. The van der Waals surface area contributed by atoms with Gasteiger partial charge in [-0.3, -0.25) is 4.79 Å². The number of carbonyl (C=O) groups excluding carboxylic acids is 1. The Hall–Kier alpha value is -5.31. The third-order valence-electron chi connectivity index (χ3n) is 6.77. The molecule has 0 aliphatic heterocycles. The number of ketones is 1. The molecule has 4 aromatic rings. The van der Waals surface area contributed by atoms with Crippen molar-refractivity contribution in [1.82, 2.24) is 0 Å². The van der Waals surface area contributed by atoms with Crippen molar-refractivity contribution >= 4 is 11.9 Å². The minimum absolute atomic E-state index is 0.128. The van der Waals surface area contributed by atoms with Crippen molar-refractivity contribution in [1.29, 1.82) is 0 Å². The fourth-order valence-electron chi connectivity index (χ4n) is 4.43. The van der Waals surface area contributed by atoms with Crippen molar-refractivity contribution in [3.8, 4) is 11.5 Å². The SMILES string of the molecule is CC(c1ccc(C=CC=CC(=O)c2ccccc2)cc1)(c1ccc(OC(F)=C(F)F)cc1)c1ccc(OC(F)=C(F)F)cc1. The topological polar surface area (TPSA) is 35.5 Å². The van der Waals surface area contributed by atoms with Gasteiger partial charge in [-0.1, -0.05) is 97.1 Å². The van der Waals surface area contributed by atoms with Crippen LogP contribution in [0.4, 0.5) is 26.3 Å². The van der Waals surface area contributed by atoms with Gasteiger partial charge in [0.2, 0.25) is 0 Å². The molecule has 0 saturated heterocycles. The first kappa shape index (κ1) is 31.6. The summed E-state index contributed by atoms with van der Waals surface area (Å²) in [6, 6.07) is 23.9. The lowest BCUT2D eigenvalue weighted by molar-refractivity contribution is 0.104. The molecule has 0 aliphatic carbocycles. The van der Waals surface area contributed by atoms with Crippen molar-refractivity contribution in [2.75, 3.05) is 0 Å². The van der Waals surface area contributed by atoms with Crippen LogP contribution in [0.2, 0.25) is 0 Å². The fraction of sp³-hybridized carbons (Fsp3) is 0.0571. The summed E-state index contributed by atoms with van der Waals surface area (Å²) in [5, 5.41) is 0. The van der Waals surface area contributed by atoms with Gasteiger partial charge in [0, 0.05) is 11.0 Å². The molecule has 44 heavy (non-hydrogen) atoms. The molecule has 0 aromatic heterocycles. The first-order valence-corrected chi connectivity index (χ1v) is 13.1. The molecule has 0 saturated carbocycles. The summed E-state index contributed by atoms with van der Waals surface area (Å²) in [5.74, 6) is -0.434. The van der Waals surface area contributed by atoms with E-state index in [1.54, 1.807) is 60.7 Å². The molecule has 0 radical (unpaired) electrons. The van der Waals surface area contributed by atoms with E-state index in [0.717, 1.165) is 11.1 Å². The number of allylic oxidation sites excluding steroid dienone is 3. The molecule has 0 spiro atoms. The van der Waals surface area contributed by atoms with Crippen molar-refractivity contribution in [2.45, 2.75) is 12.3 Å². The van der Waals surface area contributed by atoms with Crippen molar-refractivity contribution in [3.63, 3.8) is 0 Å². The van der Waals surface area contributed by atoms with Crippen LogP contribution in [0.15, 0.2) is 146 Å². The lowest BCUT2D eigenvalue weighted by Crippen LogP contribution is -2.25. The Morgan fingerprint density at radius 2 is 1.02 bits per heavy atom. The maximum absolute atomic E-state index is 13.3. The maximum Gasteiger partial charge on any atom is 0.344 e. The van der Waals surface area contributed by atoms with Gasteiger partial charge in [-0.2, -0.15) is 26.3 Å². The Morgan fingerprint density at radius 1 is 0.591 bits per heavy atom. The summed E-state index contributed by atoms with van der Waals surface area (Å²) in [7, 11) is 0. The normalized spacial score (nSPS) is 11.4. The van der Waals surface area contributed by atoms with Crippen LogP contribution in [-0.4, -0.2) is 5.78 Å². The van der Waals surface area contributed by atoms with Gasteiger partial charge in [0.25, 0.3) is 0 Å². The summed E-state index contributed by atoms with van der Waals surface area (Å²) in [6.07, 6.45) is 1.46. The van der Waals surface area contributed by atoms with Gasteiger partial charge in [0.1, 0.15) is 11.5 Å². The second-order valence-electron chi connectivity index (χ2n) is 9.52. The van der Waals surface area contributed by atoms with Crippen LogP contribution in [0.5, 0.6) is 11.5 Å². The third kappa shape index (κ3) is 7.74. The number of hydrogen-bond donors (Lipinski definition) is 0. The third-order valence-corrected chi connectivity index (χ3v) is 6.77. The van der Waals surface area contributed by atoms with E-state index in [0.29, 0.717) is 16.7 Å². The summed E-state index contributed by atoms with van der Waals surface area (Å²) in [5.41, 5.74) is 2.55. The first-order chi connectivity index (χ1) is 21.1. The fourth-order valence-corrected chi connectivity index (χ4v) is 4.43. The van der Waals surface area contributed by atoms with Crippen LogP contribution in [0.1, 0.15) is 39.5 Å². The Bertz CT molecular complexity index is 1630. The van der Waals surface area contributed by atoms with Crippen LogP contribution in [-0.2, 0) is 5.41 Å². The van der Waals surface area contributed by atoms with E-state index in [2.05, 4.69) is 9.47 Å². The Labute approximate surface area is 249 Å². The van der Waals surface area contributed by atoms with Gasteiger partial charge in [-0.05, 0) is 59.5 Å². The van der Waals surface area contributed by atoms with E-state index >= 15 is 0 Å². The molecular formula is C35H24F6O3. The van der Waals surface area contributed by atoms with Gasteiger partial charge in [0.15, 0.2) is 5.78 Å². The molecule has 0 amide bonds. The average molecular weight is 607 g/mol. The molecule has 224 valence electrons. The van der Waals surface area contributed by atoms with E-state index in [1.807, 2.05) is 43.3 Å². The van der Waals surface area contributed by atoms with Gasteiger partial charge < -0.3 is 9.47 Å². The zero-order valence-corrected chi connectivity index (χ0v) is 23.1. The predicted molar refractivity (Wildman–Crippen MR) is 156 cm³/mol. The van der Waals surface area contributed by atoms with Gasteiger partial charge >= 0.3 is 24.2 Å². The maximum atomic E-state index is 13.3. The minimum Gasteiger partial charge on any atom is -0.428 e. The number of hydrogen-bond acceptors (Lipinski definition) is 3. The van der Waals surface area contributed by atoms with Crippen molar-refractivity contribution in [3.05, 3.63) is 173 Å². The molecule has 0 fully saturated rings. The number of benzene rings is 4. The highest BCUT2D eigenvalue weighted by atomic mass is 19.3. The van der Waals surface area contributed by atoms with Gasteiger partial charge in [0.05, 0.1) is 0 Å². The molecule has 0 N–H and O–H groups in total. The summed E-state index contributed by atoms with van der Waals surface area (Å²) >= 11 is 0. The number of ether oxygens (including phenoxy) is 2. The van der Waals surface area contributed by atoms with Gasteiger partial charge in [-0.15, -0.1) is 0 Å². The van der Waals surface area contributed by atoms with E-state index in [-0.39, 0.29) is 17.3 Å². The van der Waals surface area contributed by atoms with Crippen LogP contribution in [0.3, 0.4) is 0 Å². The summed E-state index contributed by atoms with van der Waals surface area (Å²) < 4.78 is 85.7. The highest BCUT2D eigenvalue weighted by Gasteiger charge is 2.31. The predicted octanol–water partition coefficient (Wildman–Crippen LogP) is 10.3. The molecule has 3 nitrogen and oxygen atoms in total. The number of carbonyl (C=O) groups is 1. The molecule has 0 aliphatic rings. The van der Waals surface area contributed by atoms with E-state index in [9.17, 15) is 31.1 Å². The Kier molecular flexibility index (Phi) is 10.2. The van der Waals surface area contributed by atoms with Crippen LogP contribution < -0.4 is 9.47 Å². The smallest absolute Gasteiger partial charge is 0.344 e. The highest BCUT2D eigenvalue weighted by Crippen LogP contribution is 2.40. The molecular weight excluding hydrogens is 582 g/mol. The lowest BCUT2D eigenvalue weighted by atomic mass is 9.71. The largest absolute Gasteiger partial charge is 0.428 e. The highest BCUT2D eigenvalue weighted by molar-refractivity contribution is 6.04. The van der Waals surface area contributed by atoms with E-state index < -0.39 is 29.6 Å². The molecule has 4 aromatic carbocycles. The van der Waals surface area contributed by atoms with Crippen LogP contribution >= 0.6 is 0 Å². The average Bonchev–Trinajstić information content (AvgIpc) is 3.04. The number of halogens is 6. The van der Waals surface area contributed by atoms with Crippen LogP contribution in [0.25, 0.3) is 6.08 Å². The quantitative estimate of drug-likeness (QED) is 0.0426. The molecule has 0 bridgehead atoms. The second kappa shape index (κ2) is 14.2. The second-order valence-corrected chi connectivity index (χ2v) is 9.52. The zero-order chi connectivity index (χ0) is 31.7. The number of rotatable bonds is 11. The molecule has 0 unspecified atom stereocenters. The van der Waals surface area contributed by atoms with Crippen LogP contribution in [0, 0.1) is 0 Å².